The molecule has 0 spiro atoms. The van der Waals surface area contributed by atoms with Crippen LogP contribution in [0.15, 0.2) is 30.3 Å². The maximum atomic E-state index is 13.1. The van der Waals surface area contributed by atoms with Gasteiger partial charge in [-0.2, -0.15) is 0 Å². The highest BCUT2D eigenvalue weighted by Gasteiger charge is 2.38. The summed E-state index contributed by atoms with van der Waals surface area (Å²) in [4.78, 5) is 27.0. The largest absolute Gasteiger partial charge is 0.464 e. The van der Waals surface area contributed by atoms with Crippen LogP contribution in [0.25, 0.3) is 10.8 Å². The van der Waals surface area contributed by atoms with E-state index in [0.717, 1.165) is 27.6 Å². The van der Waals surface area contributed by atoms with Crippen LogP contribution < -0.4 is 4.90 Å². The molecule has 0 N–H and O–H groups in total. The number of esters is 1. The Balaban J connectivity index is 2.11. The van der Waals surface area contributed by atoms with Crippen LogP contribution in [0.3, 0.4) is 0 Å². The van der Waals surface area contributed by atoms with Crippen molar-refractivity contribution >= 4 is 28.3 Å². The van der Waals surface area contributed by atoms with E-state index in [-0.39, 0.29) is 18.5 Å². The predicted molar refractivity (Wildman–Crippen MR) is 103 cm³/mol. The van der Waals surface area contributed by atoms with Crippen molar-refractivity contribution in [1.29, 1.82) is 0 Å². The molecule has 6 heteroatoms. The van der Waals surface area contributed by atoms with Crippen LogP contribution in [-0.2, 0) is 23.8 Å². The first-order chi connectivity index (χ1) is 12.9. The van der Waals surface area contributed by atoms with E-state index in [9.17, 15) is 9.59 Å². The van der Waals surface area contributed by atoms with E-state index in [4.69, 9.17) is 14.2 Å². The van der Waals surface area contributed by atoms with Crippen LogP contribution in [0.4, 0.5) is 5.69 Å². The van der Waals surface area contributed by atoms with Crippen molar-refractivity contribution in [3.05, 3.63) is 41.5 Å². The van der Waals surface area contributed by atoms with Gasteiger partial charge in [-0.1, -0.05) is 30.3 Å². The number of anilines is 1. The highest BCUT2D eigenvalue weighted by Crippen LogP contribution is 2.36. The Bertz CT molecular complexity index is 863. The Morgan fingerprint density at radius 3 is 2.74 bits per heavy atom. The number of methoxy groups -OCH3 is 1. The summed E-state index contributed by atoms with van der Waals surface area (Å²) in [5.41, 5.74) is 2.76. The fourth-order valence-corrected chi connectivity index (χ4v) is 3.38. The molecule has 144 valence electrons. The van der Waals surface area contributed by atoms with Gasteiger partial charge in [0.25, 0.3) is 5.91 Å². The lowest BCUT2D eigenvalue weighted by Crippen LogP contribution is -2.46. The molecule has 1 amide bonds. The van der Waals surface area contributed by atoms with E-state index in [0.29, 0.717) is 13.0 Å². The van der Waals surface area contributed by atoms with Gasteiger partial charge >= 0.3 is 5.97 Å². The first kappa shape index (κ1) is 19.3. The fraction of sp³-hybridized carbons (Fsp3) is 0.429. The van der Waals surface area contributed by atoms with Gasteiger partial charge < -0.3 is 14.2 Å². The quantitative estimate of drug-likeness (QED) is 0.577. The van der Waals surface area contributed by atoms with E-state index >= 15 is 0 Å². The van der Waals surface area contributed by atoms with Crippen molar-refractivity contribution in [2.24, 2.45) is 0 Å². The number of hydrogen-bond donors (Lipinski definition) is 0. The SMILES string of the molecule is COC(C)OCC(=O)N(c1c(C)c(C)cc2ccccc12)C1CCOC1=O. The summed E-state index contributed by atoms with van der Waals surface area (Å²) in [7, 11) is 1.51. The van der Waals surface area contributed by atoms with E-state index in [1.54, 1.807) is 11.8 Å². The van der Waals surface area contributed by atoms with Crippen LogP contribution in [0.1, 0.15) is 24.5 Å². The van der Waals surface area contributed by atoms with Gasteiger partial charge in [0.2, 0.25) is 0 Å². The molecule has 0 saturated carbocycles. The number of carbonyl (C=O) groups is 2. The first-order valence-electron chi connectivity index (χ1n) is 9.06. The third kappa shape index (κ3) is 3.82. The molecule has 1 fully saturated rings. The lowest BCUT2D eigenvalue weighted by Gasteiger charge is -2.30. The van der Waals surface area contributed by atoms with Crippen LogP contribution in [-0.4, -0.2) is 44.5 Å². The standard InChI is InChI=1S/C21H25NO5/c1-13-11-16-7-5-6-8-17(16)20(14(13)2)22(18-9-10-26-21(18)24)19(23)12-27-15(3)25-4/h5-8,11,15,18H,9-10,12H2,1-4H3. The molecule has 2 unspecified atom stereocenters. The maximum Gasteiger partial charge on any atom is 0.329 e. The predicted octanol–water partition coefficient (Wildman–Crippen LogP) is 3.11. The van der Waals surface area contributed by atoms with Crippen LogP contribution in [0.2, 0.25) is 0 Å². The monoisotopic (exact) mass is 371 g/mol. The van der Waals surface area contributed by atoms with Gasteiger partial charge in [-0.05, 0) is 37.3 Å². The van der Waals surface area contributed by atoms with Crippen molar-refractivity contribution < 1.29 is 23.8 Å². The highest BCUT2D eigenvalue weighted by molar-refractivity contribution is 6.09. The summed E-state index contributed by atoms with van der Waals surface area (Å²) in [5, 5.41) is 1.94. The van der Waals surface area contributed by atoms with E-state index < -0.39 is 12.3 Å². The molecule has 0 aromatic heterocycles. The molecular weight excluding hydrogens is 346 g/mol. The van der Waals surface area contributed by atoms with Gasteiger partial charge in [0.05, 0.1) is 12.3 Å². The number of rotatable bonds is 6. The number of aryl methyl sites for hydroxylation is 1. The molecule has 6 nitrogen and oxygen atoms in total. The zero-order valence-electron chi connectivity index (χ0n) is 16.2. The summed E-state index contributed by atoms with van der Waals surface area (Å²) in [5.74, 6) is -0.672. The Morgan fingerprint density at radius 1 is 1.33 bits per heavy atom. The molecule has 27 heavy (non-hydrogen) atoms. The molecule has 1 heterocycles. The highest BCUT2D eigenvalue weighted by atomic mass is 16.7. The normalized spacial score (nSPS) is 17.8. The molecule has 1 saturated heterocycles. The third-order valence-electron chi connectivity index (χ3n) is 5.04. The Morgan fingerprint density at radius 2 is 2.07 bits per heavy atom. The fourth-order valence-electron chi connectivity index (χ4n) is 3.38. The maximum absolute atomic E-state index is 13.1. The summed E-state index contributed by atoms with van der Waals surface area (Å²) >= 11 is 0. The van der Waals surface area contributed by atoms with Crippen LogP contribution >= 0.6 is 0 Å². The molecule has 3 rings (SSSR count). The van der Waals surface area contributed by atoms with Crippen LogP contribution in [0, 0.1) is 13.8 Å². The second kappa shape index (κ2) is 8.06. The number of cyclic esters (lactones) is 1. The molecule has 0 aliphatic carbocycles. The minimum absolute atomic E-state index is 0.180. The van der Waals surface area contributed by atoms with Crippen molar-refractivity contribution in [2.75, 3.05) is 25.2 Å². The van der Waals surface area contributed by atoms with Gasteiger partial charge in [-0.25, -0.2) is 4.79 Å². The lowest BCUT2D eigenvalue weighted by atomic mass is 9.97. The number of carbonyl (C=O) groups excluding carboxylic acids is 2. The number of fused-ring (bicyclic) bond motifs is 1. The van der Waals surface area contributed by atoms with E-state index in [1.807, 2.05) is 38.1 Å². The minimum Gasteiger partial charge on any atom is -0.464 e. The van der Waals surface area contributed by atoms with Gasteiger partial charge in [-0.15, -0.1) is 0 Å². The second-order valence-corrected chi connectivity index (χ2v) is 6.74. The lowest BCUT2D eigenvalue weighted by molar-refractivity contribution is -0.145. The smallest absolute Gasteiger partial charge is 0.329 e. The Labute approximate surface area is 159 Å². The van der Waals surface area contributed by atoms with Gasteiger partial charge in [0.15, 0.2) is 6.29 Å². The van der Waals surface area contributed by atoms with Gasteiger partial charge in [-0.3, -0.25) is 9.69 Å². The number of ether oxygens (including phenoxy) is 3. The topological polar surface area (TPSA) is 65.1 Å². The number of nitrogens with zero attached hydrogens (tertiary/aromatic N) is 1. The van der Waals surface area contributed by atoms with Crippen molar-refractivity contribution in [1.82, 2.24) is 0 Å². The average molecular weight is 371 g/mol. The number of hydrogen-bond acceptors (Lipinski definition) is 5. The van der Waals surface area contributed by atoms with E-state index in [2.05, 4.69) is 6.07 Å². The molecular formula is C21H25NO5. The number of amides is 1. The molecule has 2 aromatic carbocycles. The molecule has 1 aliphatic rings. The number of benzene rings is 2. The first-order valence-corrected chi connectivity index (χ1v) is 9.06. The van der Waals surface area contributed by atoms with Crippen LogP contribution in [0.5, 0.6) is 0 Å². The molecule has 2 aromatic rings. The minimum atomic E-state index is -0.650. The van der Waals surface area contributed by atoms with E-state index in [1.165, 1.54) is 7.11 Å². The summed E-state index contributed by atoms with van der Waals surface area (Å²) < 4.78 is 15.7. The third-order valence-corrected chi connectivity index (χ3v) is 5.04. The zero-order chi connectivity index (χ0) is 19.6. The molecule has 0 radical (unpaired) electrons. The van der Waals surface area contributed by atoms with Crippen molar-refractivity contribution in [3.63, 3.8) is 0 Å². The Hall–Kier alpha value is -2.44. The van der Waals surface area contributed by atoms with Gasteiger partial charge in [0.1, 0.15) is 12.6 Å². The average Bonchev–Trinajstić information content (AvgIpc) is 3.08. The van der Waals surface area contributed by atoms with Crippen molar-refractivity contribution in [2.45, 2.75) is 39.5 Å². The van der Waals surface area contributed by atoms with Crippen molar-refractivity contribution in [3.8, 4) is 0 Å². The summed E-state index contributed by atoms with van der Waals surface area (Å²) in [6.07, 6.45) is -0.0479. The molecule has 1 aliphatic heterocycles. The molecule has 2 atom stereocenters. The zero-order valence-corrected chi connectivity index (χ0v) is 16.2. The van der Waals surface area contributed by atoms with Gasteiger partial charge in [0, 0.05) is 18.9 Å². The molecule has 0 bridgehead atoms. The Kier molecular flexibility index (Phi) is 5.77. The second-order valence-electron chi connectivity index (χ2n) is 6.74. The summed E-state index contributed by atoms with van der Waals surface area (Å²) in [6.45, 7) is 5.82. The summed E-state index contributed by atoms with van der Waals surface area (Å²) in [6, 6.07) is 9.30.